The summed E-state index contributed by atoms with van der Waals surface area (Å²) in [5.41, 5.74) is 13.7. The molecule has 20 heteroatoms. The maximum absolute atomic E-state index is 12.4. The number of aliphatic hydroxyl groups excluding tert-OH is 2. The summed E-state index contributed by atoms with van der Waals surface area (Å²) in [7, 11) is -4.70. The molecule has 3 aromatic heterocycles. The quantitative estimate of drug-likeness (QED) is 0.102. The molecule has 1 saturated heterocycles. The molecule has 1 fully saturated rings. The molecular formula is C31H39N11O8S. The largest absolute Gasteiger partial charge is 0.507 e. The average Bonchev–Trinajstić information content (AvgIpc) is 3.83. The van der Waals surface area contributed by atoms with Crippen LogP contribution >= 0.6 is 0 Å². The molecule has 5 aromatic rings. The molecule has 0 unspecified atom stereocenters. The maximum Gasteiger partial charge on any atom is 0.362 e. The number of phenols is 1. The van der Waals surface area contributed by atoms with E-state index in [2.05, 4.69) is 50.9 Å². The Morgan fingerprint density at radius 2 is 1.76 bits per heavy atom. The first kappa shape index (κ1) is 37.0. The van der Waals surface area contributed by atoms with E-state index >= 15 is 0 Å². The third-order valence-corrected chi connectivity index (χ3v) is 8.91. The van der Waals surface area contributed by atoms with E-state index in [-0.39, 0.29) is 28.5 Å². The zero-order chi connectivity index (χ0) is 36.9. The van der Waals surface area contributed by atoms with Gasteiger partial charge in [-0.2, -0.15) is 23.1 Å². The molecular weight excluding hydrogens is 686 g/mol. The number of nitrogens with two attached hydrogens (primary N) is 2. The number of amides is 1. The number of imidazole rings is 1. The maximum atomic E-state index is 12.4. The zero-order valence-corrected chi connectivity index (χ0v) is 28.8. The van der Waals surface area contributed by atoms with Crippen molar-refractivity contribution in [2.75, 3.05) is 37.7 Å². The van der Waals surface area contributed by atoms with E-state index in [0.29, 0.717) is 16.9 Å². The number of carbonyl (C=O) groups excluding carboxylic acids is 1. The summed E-state index contributed by atoms with van der Waals surface area (Å²) < 4.78 is 39.5. The molecule has 4 heterocycles. The van der Waals surface area contributed by atoms with Crippen LogP contribution in [0.1, 0.15) is 37.4 Å². The number of nitrogen functional groups attached to an aromatic ring is 2. The first-order valence-electron chi connectivity index (χ1n) is 15.9. The summed E-state index contributed by atoms with van der Waals surface area (Å²) in [4.78, 5) is 27.5. The number of fused-ring (bicyclic) bond motifs is 1. The monoisotopic (exact) mass is 725 g/mol. The Kier molecular flexibility index (Phi) is 11.4. The van der Waals surface area contributed by atoms with Crippen molar-refractivity contribution >= 4 is 38.9 Å². The highest BCUT2D eigenvalue weighted by Gasteiger charge is 2.45. The molecule has 2 aromatic carbocycles. The fraction of sp³-hybridized carbons (Fsp3) is 0.355. The van der Waals surface area contributed by atoms with E-state index in [1.807, 2.05) is 0 Å². The van der Waals surface area contributed by atoms with Gasteiger partial charge in [0, 0.05) is 11.3 Å². The lowest BCUT2D eigenvalue weighted by Gasteiger charge is -2.16. The number of anilines is 2. The Labute approximate surface area is 292 Å². The second-order valence-electron chi connectivity index (χ2n) is 11.3. The average molecular weight is 726 g/mol. The van der Waals surface area contributed by atoms with Gasteiger partial charge in [0.15, 0.2) is 17.7 Å². The molecule has 0 aliphatic carbocycles. The Morgan fingerprint density at radius 1 is 1.04 bits per heavy atom. The summed E-state index contributed by atoms with van der Waals surface area (Å²) in [6.07, 6.45) is -3.04. The fourth-order valence-corrected chi connectivity index (χ4v) is 5.90. The van der Waals surface area contributed by atoms with Crippen LogP contribution in [-0.2, 0) is 19.2 Å². The van der Waals surface area contributed by atoms with Crippen molar-refractivity contribution in [1.82, 2.24) is 44.1 Å². The van der Waals surface area contributed by atoms with Crippen molar-refractivity contribution in [3.05, 3.63) is 66.6 Å². The van der Waals surface area contributed by atoms with E-state index in [1.165, 1.54) is 59.5 Å². The molecule has 0 radical (unpaired) electrons. The van der Waals surface area contributed by atoms with Crippen LogP contribution in [0.2, 0.25) is 0 Å². The van der Waals surface area contributed by atoms with Gasteiger partial charge in [-0.15, -0.1) is 5.10 Å². The van der Waals surface area contributed by atoms with Crippen molar-refractivity contribution in [2.24, 2.45) is 0 Å². The number of benzene rings is 2. The Balaban J connectivity index is 0.000000654. The number of phenolic OH excluding ortho intramolecular Hbond substituents is 1. The number of hydrogen-bond donors (Lipinski definition) is 6. The van der Waals surface area contributed by atoms with Crippen LogP contribution in [0.5, 0.6) is 5.75 Å². The van der Waals surface area contributed by atoms with Crippen LogP contribution in [0.4, 0.5) is 11.5 Å². The third-order valence-electron chi connectivity index (χ3n) is 8.02. The number of ether oxygens (including phenoxy) is 1. The summed E-state index contributed by atoms with van der Waals surface area (Å²) in [5.74, 6) is -1.59. The molecule has 6 rings (SSSR count). The summed E-state index contributed by atoms with van der Waals surface area (Å²) >= 11 is 0. The van der Waals surface area contributed by atoms with Crippen LogP contribution in [0.15, 0.2) is 61.1 Å². The molecule has 272 valence electrons. The van der Waals surface area contributed by atoms with Crippen molar-refractivity contribution in [1.29, 1.82) is 0 Å². The highest BCUT2D eigenvalue weighted by atomic mass is 32.2. The minimum Gasteiger partial charge on any atom is -0.507 e. The van der Waals surface area contributed by atoms with Gasteiger partial charge in [-0.1, -0.05) is 50.3 Å². The highest BCUT2D eigenvalue weighted by Crippen LogP contribution is 2.33. The molecule has 8 N–H and O–H groups in total. The van der Waals surface area contributed by atoms with E-state index in [1.54, 1.807) is 35.2 Å². The number of rotatable bonds is 11. The molecule has 1 aliphatic rings. The number of aliphatic hydroxyl groups is 2. The lowest BCUT2D eigenvalue weighted by molar-refractivity contribution is -0.0468. The number of hydrogen-bond acceptors (Lipinski definition) is 16. The number of aromatic hydroxyl groups is 1. The molecule has 4 atom stereocenters. The topological polar surface area (TPSA) is 272 Å². The van der Waals surface area contributed by atoms with Gasteiger partial charge < -0.3 is 36.4 Å². The van der Waals surface area contributed by atoms with Crippen LogP contribution in [0, 0.1) is 0 Å². The van der Waals surface area contributed by atoms with Crippen molar-refractivity contribution in [2.45, 2.75) is 45.3 Å². The molecule has 1 amide bonds. The van der Waals surface area contributed by atoms with Gasteiger partial charge in [-0.05, 0) is 43.9 Å². The third kappa shape index (κ3) is 8.39. The first-order chi connectivity index (χ1) is 24.3. The Hall–Kier alpha value is -5.25. The van der Waals surface area contributed by atoms with E-state index in [4.69, 9.17) is 20.4 Å². The van der Waals surface area contributed by atoms with Gasteiger partial charge >= 0.3 is 10.3 Å². The van der Waals surface area contributed by atoms with E-state index in [0.717, 1.165) is 0 Å². The van der Waals surface area contributed by atoms with Crippen LogP contribution in [0.25, 0.3) is 28.4 Å². The standard InChI is InChI=1S/C25H24N10O8S.C6H15N/c26-13-5-3-4-12(8-13)15-9-35(33-31-15)25-29-21(27)18-22(30-25)34(11-28-18)24-20(38)19(37)17(43-24)10-42-44(40,41)32-23(39)14-6-1-2-7-16(14)36;1-4-7(5-2)6-3/h1-9,11,17,19-20,24,36-38H,10,26H2,(H,32,39)(H2,27,29,30);4-6H2,1-3H3/t17-,19-,20-,24-;/m1./s1. The van der Waals surface area contributed by atoms with Crippen LogP contribution in [0.3, 0.4) is 0 Å². The molecule has 0 bridgehead atoms. The van der Waals surface area contributed by atoms with Gasteiger partial charge in [0.05, 0.1) is 24.7 Å². The Morgan fingerprint density at radius 3 is 2.43 bits per heavy atom. The molecule has 51 heavy (non-hydrogen) atoms. The van der Waals surface area contributed by atoms with E-state index < -0.39 is 53.1 Å². The number of nitrogens with zero attached hydrogens (tertiary/aromatic N) is 8. The van der Waals surface area contributed by atoms with Crippen LogP contribution in [-0.4, -0.2) is 114 Å². The second-order valence-corrected chi connectivity index (χ2v) is 12.6. The molecule has 0 spiro atoms. The smallest absolute Gasteiger partial charge is 0.362 e. The number of nitrogens with one attached hydrogen (secondary N) is 1. The number of carbonyl (C=O) groups is 1. The Bertz CT molecular complexity index is 2080. The van der Waals surface area contributed by atoms with Gasteiger partial charge in [-0.3, -0.25) is 13.5 Å². The van der Waals surface area contributed by atoms with Gasteiger partial charge in [0.2, 0.25) is 0 Å². The lowest BCUT2D eigenvalue weighted by atomic mass is 10.1. The van der Waals surface area contributed by atoms with Crippen molar-refractivity contribution in [3.63, 3.8) is 0 Å². The van der Waals surface area contributed by atoms with Crippen LogP contribution < -0.4 is 16.2 Å². The van der Waals surface area contributed by atoms with E-state index in [9.17, 15) is 28.5 Å². The predicted molar refractivity (Wildman–Crippen MR) is 184 cm³/mol. The summed E-state index contributed by atoms with van der Waals surface area (Å²) in [6.45, 7) is 9.35. The number of aromatic nitrogens is 7. The first-order valence-corrected chi connectivity index (χ1v) is 17.3. The minimum absolute atomic E-state index is 0.0126. The summed E-state index contributed by atoms with van der Waals surface area (Å²) in [5, 5.41) is 39.4. The van der Waals surface area contributed by atoms with Gasteiger partial charge in [0.25, 0.3) is 11.9 Å². The van der Waals surface area contributed by atoms with Crippen molar-refractivity contribution < 1.29 is 37.5 Å². The predicted octanol–water partition coefficient (Wildman–Crippen LogP) is 0.603. The normalized spacial score (nSPS) is 18.9. The molecule has 1 aliphatic heterocycles. The molecule has 0 saturated carbocycles. The lowest BCUT2D eigenvalue weighted by Crippen LogP contribution is -2.37. The van der Waals surface area contributed by atoms with Gasteiger partial charge in [0.1, 0.15) is 35.3 Å². The fourth-order valence-electron chi connectivity index (χ4n) is 5.19. The zero-order valence-electron chi connectivity index (χ0n) is 27.9. The minimum atomic E-state index is -4.70. The van der Waals surface area contributed by atoms with Gasteiger partial charge in [-0.25, -0.2) is 9.71 Å². The molecule has 19 nitrogen and oxygen atoms in total. The SMILES string of the molecule is CCN(CC)CC.Nc1cccc(-c2cn(-c3nc(N)c4ncn([C@@H]5O[C@H](COS(=O)(=O)NC(=O)c6ccccc6O)[C@@H](O)[C@H]5O)c4n3)nn2)c1. The van der Waals surface area contributed by atoms with Crippen molar-refractivity contribution in [3.8, 4) is 23.0 Å². The number of para-hydroxylation sites is 1. The highest BCUT2D eigenvalue weighted by molar-refractivity contribution is 7.85. The summed E-state index contributed by atoms with van der Waals surface area (Å²) in [6, 6.07) is 12.3. The second kappa shape index (κ2) is 15.7.